The Labute approximate surface area is 123 Å². The van der Waals surface area contributed by atoms with Crippen LogP contribution in [0.1, 0.15) is 55.5 Å². The molecule has 1 fully saturated rings. The fraction of sp³-hybridized carbons (Fsp3) is 0.667. The first-order valence-electron chi connectivity index (χ1n) is 7.36. The Morgan fingerprint density at radius 1 is 1.29 bits per heavy atom. The number of hydrogen-bond donors (Lipinski definition) is 2. The van der Waals surface area contributed by atoms with Gasteiger partial charge in [-0.15, -0.1) is 0 Å². The van der Waals surface area contributed by atoms with Crippen LogP contribution in [0.4, 0.5) is 0 Å². The van der Waals surface area contributed by atoms with Gasteiger partial charge in [-0.3, -0.25) is 9.59 Å². The molecule has 0 spiro atoms. The lowest BCUT2D eigenvalue weighted by Gasteiger charge is -2.32. The first-order chi connectivity index (χ1) is 9.94. The Balaban J connectivity index is 1.95. The van der Waals surface area contributed by atoms with E-state index < -0.39 is 11.4 Å². The van der Waals surface area contributed by atoms with Crippen molar-refractivity contribution in [1.82, 2.24) is 10.5 Å². The summed E-state index contributed by atoms with van der Waals surface area (Å²) in [5, 5.41) is 16.1. The van der Waals surface area contributed by atoms with Crippen molar-refractivity contribution in [2.75, 3.05) is 0 Å². The van der Waals surface area contributed by atoms with Gasteiger partial charge in [0.2, 0.25) is 5.91 Å². The molecule has 0 radical (unpaired) electrons. The number of aromatic nitrogens is 1. The van der Waals surface area contributed by atoms with E-state index in [1.807, 2.05) is 6.92 Å². The number of nitrogens with one attached hydrogen (secondary N) is 1. The molecule has 1 aromatic heterocycles. The predicted molar refractivity (Wildman–Crippen MR) is 75.6 cm³/mol. The van der Waals surface area contributed by atoms with Crippen LogP contribution in [-0.4, -0.2) is 22.1 Å². The van der Waals surface area contributed by atoms with E-state index in [4.69, 9.17) is 4.52 Å². The summed E-state index contributed by atoms with van der Waals surface area (Å²) in [4.78, 5) is 23.7. The summed E-state index contributed by atoms with van der Waals surface area (Å²) in [6.45, 7) is 3.94. The maximum atomic E-state index is 12.1. The topological polar surface area (TPSA) is 92.4 Å². The molecule has 1 aliphatic carbocycles. The number of aliphatic carboxylic acids is 1. The number of carboxylic acids is 1. The smallest absolute Gasteiger partial charge is 0.310 e. The van der Waals surface area contributed by atoms with E-state index in [2.05, 4.69) is 10.5 Å². The Bertz CT molecular complexity index is 510. The van der Waals surface area contributed by atoms with Gasteiger partial charge in [0.1, 0.15) is 5.76 Å². The third-order valence-electron chi connectivity index (χ3n) is 4.41. The third kappa shape index (κ3) is 3.43. The summed E-state index contributed by atoms with van der Waals surface area (Å²) < 4.78 is 5.04. The van der Waals surface area contributed by atoms with Crippen molar-refractivity contribution >= 4 is 11.9 Å². The monoisotopic (exact) mass is 294 g/mol. The Kier molecular flexibility index (Phi) is 4.65. The SMILES string of the molecule is Cc1noc(C)c1CNC(=O)CC1(C(=O)O)CCCCC1. The standard InChI is InChI=1S/C15H22N2O4/c1-10-12(11(2)21-17-10)9-16-13(18)8-15(14(19)20)6-4-3-5-7-15/h3-9H2,1-2H3,(H,16,18)(H,19,20). The molecule has 1 aliphatic rings. The van der Waals surface area contributed by atoms with Crippen LogP contribution in [0.2, 0.25) is 0 Å². The summed E-state index contributed by atoms with van der Waals surface area (Å²) in [6, 6.07) is 0. The van der Waals surface area contributed by atoms with Gasteiger partial charge in [-0.25, -0.2) is 0 Å². The fourth-order valence-electron chi connectivity index (χ4n) is 3.01. The van der Waals surface area contributed by atoms with Crippen LogP contribution in [0, 0.1) is 19.3 Å². The molecule has 1 amide bonds. The van der Waals surface area contributed by atoms with E-state index in [1.54, 1.807) is 6.92 Å². The van der Waals surface area contributed by atoms with Gasteiger partial charge in [0.25, 0.3) is 0 Å². The second-order valence-corrected chi connectivity index (χ2v) is 5.90. The van der Waals surface area contributed by atoms with E-state index in [9.17, 15) is 14.7 Å². The number of amides is 1. The number of aryl methyl sites for hydroxylation is 2. The number of carboxylic acid groups (broad SMARTS) is 1. The number of carbonyl (C=O) groups excluding carboxylic acids is 1. The lowest BCUT2D eigenvalue weighted by molar-refractivity contribution is -0.154. The van der Waals surface area contributed by atoms with Crippen molar-refractivity contribution in [2.45, 2.75) is 58.9 Å². The first-order valence-corrected chi connectivity index (χ1v) is 7.36. The summed E-state index contributed by atoms with van der Waals surface area (Å²) >= 11 is 0. The average Bonchev–Trinajstić information content (AvgIpc) is 2.76. The van der Waals surface area contributed by atoms with Crippen LogP contribution in [0.3, 0.4) is 0 Å². The highest BCUT2D eigenvalue weighted by molar-refractivity contribution is 5.85. The van der Waals surface area contributed by atoms with Gasteiger partial charge >= 0.3 is 5.97 Å². The van der Waals surface area contributed by atoms with Gasteiger partial charge in [0.15, 0.2) is 0 Å². The molecule has 0 aliphatic heterocycles. The highest BCUT2D eigenvalue weighted by atomic mass is 16.5. The highest BCUT2D eigenvalue weighted by Crippen LogP contribution is 2.39. The van der Waals surface area contributed by atoms with E-state index >= 15 is 0 Å². The molecule has 1 saturated carbocycles. The van der Waals surface area contributed by atoms with Crippen molar-refractivity contribution in [3.8, 4) is 0 Å². The number of nitrogens with zero attached hydrogens (tertiary/aromatic N) is 1. The summed E-state index contributed by atoms with van der Waals surface area (Å²) in [5.41, 5.74) is 0.718. The molecular weight excluding hydrogens is 272 g/mol. The molecule has 0 aromatic carbocycles. The van der Waals surface area contributed by atoms with Crippen LogP contribution < -0.4 is 5.32 Å². The Morgan fingerprint density at radius 2 is 1.95 bits per heavy atom. The van der Waals surface area contributed by atoms with Crippen molar-refractivity contribution in [3.05, 3.63) is 17.0 Å². The molecule has 6 heteroatoms. The highest BCUT2D eigenvalue weighted by Gasteiger charge is 2.41. The molecule has 0 atom stereocenters. The summed E-state index contributed by atoms with van der Waals surface area (Å²) in [7, 11) is 0. The fourth-order valence-corrected chi connectivity index (χ4v) is 3.01. The van der Waals surface area contributed by atoms with Crippen molar-refractivity contribution in [1.29, 1.82) is 0 Å². The summed E-state index contributed by atoms with van der Waals surface area (Å²) in [6.07, 6.45) is 4.02. The molecular formula is C15H22N2O4. The zero-order valence-corrected chi connectivity index (χ0v) is 12.6. The average molecular weight is 294 g/mol. The maximum absolute atomic E-state index is 12.1. The maximum Gasteiger partial charge on any atom is 0.310 e. The zero-order valence-electron chi connectivity index (χ0n) is 12.6. The Morgan fingerprint density at radius 3 is 2.48 bits per heavy atom. The number of hydrogen-bond acceptors (Lipinski definition) is 4. The largest absolute Gasteiger partial charge is 0.481 e. The minimum atomic E-state index is -0.888. The van der Waals surface area contributed by atoms with Crippen LogP contribution >= 0.6 is 0 Å². The predicted octanol–water partition coefficient (Wildman–Crippen LogP) is 2.33. The molecule has 0 unspecified atom stereocenters. The molecule has 0 saturated heterocycles. The van der Waals surface area contributed by atoms with E-state index in [-0.39, 0.29) is 12.3 Å². The van der Waals surface area contributed by atoms with E-state index in [0.29, 0.717) is 25.1 Å². The van der Waals surface area contributed by atoms with Crippen molar-refractivity contribution in [3.63, 3.8) is 0 Å². The minimum Gasteiger partial charge on any atom is -0.481 e. The van der Waals surface area contributed by atoms with Gasteiger partial charge in [-0.05, 0) is 26.7 Å². The number of rotatable bonds is 5. The first kappa shape index (κ1) is 15.5. The van der Waals surface area contributed by atoms with Crippen LogP contribution in [-0.2, 0) is 16.1 Å². The molecule has 2 N–H and O–H groups in total. The molecule has 6 nitrogen and oxygen atoms in total. The quantitative estimate of drug-likeness (QED) is 0.869. The van der Waals surface area contributed by atoms with Gasteiger partial charge in [-0.2, -0.15) is 0 Å². The molecule has 116 valence electrons. The third-order valence-corrected chi connectivity index (χ3v) is 4.41. The lowest BCUT2D eigenvalue weighted by Crippen LogP contribution is -2.39. The lowest BCUT2D eigenvalue weighted by atomic mass is 9.71. The van der Waals surface area contributed by atoms with E-state index in [1.165, 1.54) is 0 Å². The van der Waals surface area contributed by atoms with E-state index in [0.717, 1.165) is 30.5 Å². The molecule has 21 heavy (non-hydrogen) atoms. The van der Waals surface area contributed by atoms with Gasteiger partial charge in [0.05, 0.1) is 11.1 Å². The summed E-state index contributed by atoms with van der Waals surface area (Å²) in [5.74, 6) is -0.396. The minimum absolute atomic E-state index is 0.0473. The molecule has 1 aromatic rings. The molecule has 1 heterocycles. The zero-order chi connectivity index (χ0) is 15.5. The second-order valence-electron chi connectivity index (χ2n) is 5.90. The van der Waals surface area contributed by atoms with Crippen LogP contribution in [0.15, 0.2) is 4.52 Å². The second kappa shape index (κ2) is 6.28. The Hall–Kier alpha value is -1.85. The molecule has 2 rings (SSSR count). The van der Waals surface area contributed by atoms with Crippen LogP contribution in [0.5, 0.6) is 0 Å². The number of carbonyl (C=O) groups is 2. The van der Waals surface area contributed by atoms with Crippen molar-refractivity contribution in [2.24, 2.45) is 5.41 Å². The van der Waals surface area contributed by atoms with Crippen LogP contribution in [0.25, 0.3) is 0 Å². The van der Waals surface area contributed by atoms with Gasteiger partial charge < -0.3 is 14.9 Å². The van der Waals surface area contributed by atoms with Gasteiger partial charge in [-0.1, -0.05) is 24.4 Å². The normalized spacial score (nSPS) is 17.4. The molecule has 0 bridgehead atoms. The van der Waals surface area contributed by atoms with Gasteiger partial charge in [0, 0.05) is 18.5 Å². The van der Waals surface area contributed by atoms with Crippen molar-refractivity contribution < 1.29 is 19.2 Å².